The molecule has 1 spiro atoms. The Hall–Kier alpha value is -3.70. The lowest BCUT2D eigenvalue weighted by atomic mass is 9.96. The number of amides is 3. The smallest absolute Gasteiger partial charge is 0.256 e. The summed E-state index contributed by atoms with van der Waals surface area (Å²) >= 11 is 0. The molecule has 1 N–H and O–H groups in total. The van der Waals surface area contributed by atoms with E-state index in [4.69, 9.17) is 18.9 Å². The standard InChI is InChI=1S/C26H28FN3O7/c1-34-13-10-28-23(31)20-15-37-26(30(20)25(33)17-2-5-19(27)6-3-17)8-11-29(12-9-26)24(32)18-4-7-21-22(14-18)36-16-35-21/h2-7,14,20H,8-13,15-16H2,1H3,(H,28,31)/t20-/m1/s1. The van der Waals surface area contributed by atoms with Crippen molar-refractivity contribution in [3.05, 3.63) is 59.4 Å². The summed E-state index contributed by atoms with van der Waals surface area (Å²) in [6.07, 6.45) is 0.635. The van der Waals surface area contributed by atoms with Gasteiger partial charge < -0.3 is 29.2 Å². The second kappa shape index (κ2) is 10.3. The largest absolute Gasteiger partial charge is 0.454 e. The molecule has 37 heavy (non-hydrogen) atoms. The number of carbonyl (C=O) groups is 3. The highest BCUT2D eigenvalue weighted by atomic mass is 19.1. The second-order valence-corrected chi connectivity index (χ2v) is 9.10. The maximum Gasteiger partial charge on any atom is 0.256 e. The molecule has 0 aliphatic carbocycles. The van der Waals surface area contributed by atoms with Crippen LogP contribution in [0.25, 0.3) is 0 Å². The maximum absolute atomic E-state index is 13.6. The Balaban J connectivity index is 1.34. The van der Waals surface area contributed by atoms with Crippen LogP contribution in [-0.2, 0) is 14.3 Å². The van der Waals surface area contributed by atoms with Crippen LogP contribution in [0.3, 0.4) is 0 Å². The van der Waals surface area contributed by atoms with E-state index < -0.39 is 23.5 Å². The molecule has 0 saturated carbocycles. The molecule has 196 valence electrons. The number of nitrogens with zero attached hydrogens (tertiary/aromatic N) is 2. The molecular formula is C26H28FN3O7. The fourth-order valence-corrected chi connectivity index (χ4v) is 4.96. The van der Waals surface area contributed by atoms with Crippen LogP contribution < -0.4 is 14.8 Å². The molecule has 5 rings (SSSR count). The van der Waals surface area contributed by atoms with Crippen molar-refractivity contribution in [3.8, 4) is 11.5 Å². The Morgan fingerprint density at radius 2 is 1.73 bits per heavy atom. The first kappa shape index (κ1) is 25.0. The molecule has 3 amide bonds. The topological polar surface area (TPSA) is 107 Å². The lowest BCUT2D eigenvalue weighted by molar-refractivity contribution is -0.128. The van der Waals surface area contributed by atoms with E-state index in [0.29, 0.717) is 49.6 Å². The Kier molecular flexibility index (Phi) is 6.98. The normalized spacial score (nSPS) is 19.8. The van der Waals surface area contributed by atoms with Crippen LogP contribution >= 0.6 is 0 Å². The van der Waals surface area contributed by atoms with Crippen LogP contribution in [0.15, 0.2) is 42.5 Å². The summed E-state index contributed by atoms with van der Waals surface area (Å²) in [7, 11) is 1.53. The van der Waals surface area contributed by atoms with Gasteiger partial charge in [0.2, 0.25) is 12.7 Å². The molecule has 3 aliphatic heterocycles. The SMILES string of the molecule is COCCNC(=O)[C@H]1COC2(CCN(C(=O)c3ccc4c(c3)OCO4)CC2)N1C(=O)c1ccc(F)cc1. The van der Waals surface area contributed by atoms with Gasteiger partial charge in [0.05, 0.1) is 13.2 Å². The predicted octanol–water partition coefficient (Wildman–Crippen LogP) is 1.79. The fraction of sp³-hybridized carbons (Fsp3) is 0.423. The van der Waals surface area contributed by atoms with Crippen molar-refractivity contribution < 1.29 is 37.7 Å². The van der Waals surface area contributed by atoms with Crippen molar-refractivity contribution in [2.45, 2.75) is 24.6 Å². The quantitative estimate of drug-likeness (QED) is 0.587. The summed E-state index contributed by atoms with van der Waals surface area (Å²) in [5, 5.41) is 2.78. The van der Waals surface area contributed by atoms with Crippen LogP contribution in [0.5, 0.6) is 11.5 Å². The molecule has 0 bridgehead atoms. The van der Waals surface area contributed by atoms with Gasteiger partial charge in [-0.05, 0) is 42.5 Å². The zero-order valence-corrected chi connectivity index (χ0v) is 20.4. The molecule has 11 heteroatoms. The minimum Gasteiger partial charge on any atom is -0.454 e. The Labute approximate surface area is 213 Å². The van der Waals surface area contributed by atoms with Gasteiger partial charge in [0.15, 0.2) is 11.5 Å². The number of piperidine rings is 1. The molecule has 1 atom stereocenters. The predicted molar refractivity (Wildman–Crippen MR) is 128 cm³/mol. The van der Waals surface area contributed by atoms with E-state index in [0.717, 1.165) is 0 Å². The molecule has 2 fully saturated rings. The highest BCUT2D eigenvalue weighted by Gasteiger charge is 2.54. The minimum atomic E-state index is -1.07. The van der Waals surface area contributed by atoms with Gasteiger partial charge in [-0.25, -0.2) is 4.39 Å². The molecular weight excluding hydrogens is 485 g/mol. The molecule has 3 aliphatic rings. The first-order valence-electron chi connectivity index (χ1n) is 12.1. The summed E-state index contributed by atoms with van der Waals surface area (Å²) < 4.78 is 35.4. The molecule has 2 aromatic carbocycles. The Morgan fingerprint density at radius 1 is 1.03 bits per heavy atom. The lowest BCUT2D eigenvalue weighted by Crippen LogP contribution is -2.60. The van der Waals surface area contributed by atoms with E-state index in [1.54, 1.807) is 23.1 Å². The second-order valence-electron chi connectivity index (χ2n) is 9.10. The van der Waals surface area contributed by atoms with Crippen LogP contribution in [0.1, 0.15) is 33.6 Å². The number of hydrogen-bond donors (Lipinski definition) is 1. The molecule has 2 aromatic rings. The van der Waals surface area contributed by atoms with E-state index in [-0.39, 0.29) is 37.3 Å². The van der Waals surface area contributed by atoms with Crippen molar-refractivity contribution in [3.63, 3.8) is 0 Å². The summed E-state index contributed by atoms with van der Waals surface area (Å²) in [6, 6.07) is 9.38. The van der Waals surface area contributed by atoms with Crippen molar-refractivity contribution >= 4 is 17.7 Å². The van der Waals surface area contributed by atoms with Gasteiger partial charge in [-0.15, -0.1) is 0 Å². The zero-order valence-electron chi connectivity index (χ0n) is 20.4. The van der Waals surface area contributed by atoms with Gasteiger partial charge in [0.1, 0.15) is 17.6 Å². The highest BCUT2D eigenvalue weighted by Crippen LogP contribution is 2.39. The number of hydrogen-bond acceptors (Lipinski definition) is 7. The van der Waals surface area contributed by atoms with Crippen LogP contribution in [0.2, 0.25) is 0 Å². The van der Waals surface area contributed by atoms with E-state index in [1.165, 1.54) is 36.3 Å². The number of nitrogens with one attached hydrogen (secondary N) is 1. The minimum absolute atomic E-state index is 0.0157. The van der Waals surface area contributed by atoms with Crippen molar-refractivity contribution in [1.82, 2.24) is 15.1 Å². The molecule has 10 nitrogen and oxygen atoms in total. The first-order chi connectivity index (χ1) is 17.9. The third kappa shape index (κ3) is 4.84. The molecule has 3 heterocycles. The first-order valence-corrected chi connectivity index (χ1v) is 12.1. The van der Waals surface area contributed by atoms with Crippen LogP contribution in [0.4, 0.5) is 4.39 Å². The van der Waals surface area contributed by atoms with E-state index in [1.807, 2.05) is 0 Å². The van der Waals surface area contributed by atoms with Gasteiger partial charge in [-0.1, -0.05) is 0 Å². The van der Waals surface area contributed by atoms with Gasteiger partial charge in [-0.3, -0.25) is 19.3 Å². The summed E-state index contributed by atoms with van der Waals surface area (Å²) in [5.74, 6) is -0.303. The molecule has 0 unspecified atom stereocenters. The monoisotopic (exact) mass is 513 g/mol. The number of benzene rings is 2. The lowest BCUT2D eigenvalue weighted by Gasteiger charge is -2.44. The van der Waals surface area contributed by atoms with Crippen molar-refractivity contribution in [1.29, 1.82) is 0 Å². The number of carbonyl (C=O) groups excluding carboxylic acids is 3. The van der Waals surface area contributed by atoms with Gasteiger partial charge in [0.25, 0.3) is 11.8 Å². The van der Waals surface area contributed by atoms with Crippen molar-refractivity contribution in [2.24, 2.45) is 0 Å². The van der Waals surface area contributed by atoms with Crippen LogP contribution in [0, 0.1) is 5.82 Å². The summed E-state index contributed by atoms with van der Waals surface area (Å²) in [6.45, 7) is 1.38. The van der Waals surface area contributed by atoms with E-state index >= 15 is 0 Å². The third-order valence-corrected chi connectivity index (χ3v) is 6.93. The average Bonchev–Trinajstić information content (AvgIpc) is 3.53. The van der Waals surface area contributed by atoms with Crippen LogP contribution in [-0.4, -0.2) is 86.0 Å². The number of fused-ring (bicyclic) bond motifs is 1. The Morgan fingerprint density at radius 3 is 2.46 bits per heavy atom. The summed E-state index contributed by atoms with van der Waals surface area (Å²) in [5.41, 5.74) is -0.345. The number of ether oxygens (including phenoxy) is 4. The fourth-order valence-electron chi connectivity index (χ4n) is 4.96. The van der Waals surface area contributed by atoms with Gasteiger partial charge in [0, 0.05) is 50.7 Å². The average molecular weight is 514 g/mol. The highest BCUT2D eigenvalue weighted by molar-refractivity contribution is 5.98. The van der Waals surface area contributed by atoms with Gasteiger partial charge in [-0.2, -0.15) is 0 Å². The number of likely N-dealkylation sites (tertiary alicyclic amines) is 1. The molecule has 0 radical (unpaired) electrons. The third-order valence-electron chi connectivity index (χ3n) is 6.93. The molecule has 2 saturated heterocycles. The van der Waals surface area contributed by atoms with E-state index in [9.17, 15) is 18.8 Å². The zero-order chi connectivity index (χ0) is 26.0. The number of halogens is 1. The molecule has 0 aromatic heterocycles. The maximum atomic E-state index is 13.6. The van der Waals surface area contributed by atoms with E-state index in [2.05, 4.69) is 5.32 Å². The van der Waals surface area contributed by atoms with Crippen molar-refractivity contribution in [2.75, 3.05) is 46.8 Å². The number of rotatable bonds is 6. The summed E-state index contributed by atoms with van der Waals surface area (Å²) in [4.78, 5) is 43.0. The van der Waals surface area contributed by atoms with Gasteiger partial charge >= 0.3 is 0 Å². The number of methoxy groups -OCH3 is 1. The Bertz CT molecular complexity index is 1180.